The van der Waals surface area contributed by atoms with Crippen molar-refractivity contribution >= 4 is 16.7 Å². The first kappa shape index (κ1) is 18.8. The second-order valence-corrected chi connectivity index (χ2v) is 7.11. The number of fused-ring (bicyclic) bond motifs is 1. The van der Waals surface area contributed by atoms with E-state index >= 15 is 0 Å². The Kier molecular flexibility index (Phi) is 4.99. The monoisotopic (exact) mass is 406 g/mol. The standard InChI is InChI=1S/C26H18N2O3/c29-26(30-17-18-10-11-19-6-4-5-9-23(19)16-18)22-14-12-21(13-15-22)25-28-27-24(31-25)20-7-2-1-3-8-20/h1-16H,17H2. The van der Waals surface area contributed by atoms with Crippen LogP contribution in [0.3, 0.4) is 0 Å². The highest BCUT2D eigenvalue weighted by molar-refractivity contribution is 5.90. The number of hydrogen-bond acceptors (Lipinski definition) is 5. The van der Waals surface area contributed by atoms with Gasteiger partial charge in [0.25, 0.3) is 0 Å². The number of benzene rings is 4. The zero-order valence-corrected chi connectivity index (χ0v) is 16.6. The second-order valence-electron chi connectivity index (χ2n) is 7.11. The Hall–Kier alpha value is -4.25. The maximum absolute atomic E-state index is 12.4. The molecule has 0 amide bonds. The molecule has 0 radical (unpaired) electrons. The summed E-state index contributed by atoms with van der Waals surface area (Å²) in [5, 5.41) is 10.5. The largest absolute Gasteiger partial charge is 0.457 e. The van der Waals surface area contributed by atoms with Gasteiger partial charge in [-0.25, -0.2) is 4.79 Å². The molecule has 1 aromatic heterocycles. The molecule has 4 aromatic carbocycles. The van der Waals surface area contributed by atoms with Gasteiger partial charge in [-0.15, -0.1) is 10.2 Å². The Bertz CT molecular complexity index is 1340. The second kappa shape index (κ2) is 8.24. The van der Waals surface area contributed by atoms with Crippen LogP contribution in [0, 0.1) is 0 Å². The molecule has 0 N–H and O–H groups in total. The van der Waals surface area contributed by atoms with Crippen molar-refractivity contribution in [3.8, 4) is 22.9 Å². The SMILES string of the molecule is O=C(OCc1ccc2ccccc2c1)c1ccc(-c2nnc(-c3ccccc3)o2)cc1. The summed E-state index contributed by atoms with van der Waals surface area (Å²) in [6.07, 6.45) is 0. The van der Waals surface area contributed by atoms with Gasteiger partial charge in [0.15, 0.2) is 0 Å². The summed E-state index contributed by atoms with van der Waals surface area (Å²) in [5.74, 6) is 0.472. The van der Waals surface area contributed by atoms with Crippen LogP contribution in [0.4, 0.5) is 0 Å². The van der Waals surface area contributed by atoms with Crippen LogP contribution in [0.15, 0.2) is 101 Å². The van der Waals surface area contributed by atoms with Gasteiger partial charge < -0.3 is 9.15 Å². The summed E-state index contributed by atoms with van der Waals surface area (Å²) < 4.78 is 11.2. The predicted octanol–water partition coefficient (Wildman–Crippen LogP) is 5.91. The first-order valence-electron chi connectivity index (χ1n) is 9.90. The lowest BCUT2D eigenvalue weighted by molar-refractivity contribution is 0.0473. The van der Waals surface area contributed by atoms with Gasteiger partial charge in [-0.1, -0.05) is 54.6 Å². The van der Waals surface area contributed by atoms with E-state index in [1.54, 1.807) is 24.3 Å². The Balaban J connectivity index is 1.26. The van der Waals surface area contributed by atoms with E-state index in [0.717, 1.165) is 27.5 Å². The number of ether oxygens (including phenoxy) is 1. The van der Waals surface area contributed by atoms with Crippen LogP contribution in [-0.4, -0.2) is 16.2 Å². The minimum absolute atomic E-state index is 0.218. The minimum Gasteiger partial charge on any atom is -0.457 e. The molecular formula is C26H18N2O3. The minimum atomic E-state index is -0.379. The van der Waals surface area contributed by atoms with Gasteiger partial charge in [-0.05, 0) is 58.8 Å². The maximum atomic E-state index is 12.4. The number of nitrogens with zero attached hydrogens (tertiary/aromatic N) is 2. The van der Waals surface area contributed by atoms with E-state index < -0.39 is 0 Å². The van der Waals surface area contributed by atoms with Crippen LogP contribution in [-0.2, 0) is 11.3 Å². The topological polar surface area (TPSA) is 65.2 Å². The molecule has 0 aliphatic rings. The molecular weight excluding hydrogens is 388 g/mol. The summed E-state index contributed by atoms with van der Waals surface area (Å²) in [7, 11) is 0. The van der Waals surface area contributed by atoms with Gasteiger partial charge in [0.2, 0.25) is 11.8 Å². The average Bonchev–Trinajstić information content (AvgIpc) is 3.33. The van der Waals surface area contributed by atoms with Crippen LogP contribution >= 0.6 is 0 Å². The summed E-state index contributed by atoms with van der Waals surface area (Å²) in [6, 6.07) is 30.6. The van der Waals surface area contributed by atoms with Crippen LogP contribution in [0.25, 0.3) is 33.7 Å². The van der Waals surface area contributed by atoms with Gasteiger partial charge in [0.05, 0.1) is 5.56 Å². The molecule has 5 aromatic rings. The van der Waals surface area contributed by atoms with Gasteiger partial charge >= 0.3 is 5.97 Å². The summed E-state index contributed by atoms with van der Waals surface area (Å²) in [5.41, 5.74) is 3.01. The lowest BCUT2D eigenvalue weighted by atomic mass is 10.1. The first-order valence-corrected chi connectivity index (χ1v) is 9.90. The smallest absolute Gasteiger partial charge is 0.338 e. The van der Waals surface area contributed by atoms with Gasteiger partial charge in [-0.3, -0.25) is 0 Å². The molecule has 0 fully saturated rings. The Morgan fingerprint density at radius 2 is 1.35 bits per heavy atom. The normalized spacial score (nSPS) is 10.8. The molecule has 5 nitrogen and oxygen atoms in total. The van der Waals surface area contributed by atoms with Crippen LogP contribution in [0.1, 0.15) is 15.9 Å². The van der Waals surface area contributed by atoms with Crippen molar-refractivity contribution < 1.29 is 13.9 Å². The van der Waals surface area contributed by atoms with E-state index in [1.165, 1.54) is 0 Å². The Morgan fingerprint density at radius 1 is 0.710 bits per heavy atom. The lowest BCUT2D eigenvalue weighted by Gasteiger charge is -2.07. The summed E-state index contributed by atoms with van der Waals surface area (Å²) >= 11 is 0. The number of carbonyl (C=O) groups excluding carboxylic acids is 1. The molecule has 31 heavy (non-hydrogen) atoms. The number of rotatable bonds is 5. The van der Waals surface area contributed by atoms with Crippen molar-refractivity contribution in [1.82, 2.24) is 10.2 Å². The molecule has 0 unspecified atom stereocenters. The Labute approximate surface area is 178 Å². The van der Waals surface area contributed by atoms with E-state index in [0.29, 0.717) is 17.3 Å². The van der Waals surface area contributed by atoms with Crippen molar-refractivity contribution in [3.63, 3.8) is 0 Å². The molecule has 0 saturated heterocycles. The van der Waals surface area contributed by atoms with E-state index in [1.807, 2.05) is 66.7 Å². The predicted molar refractivity (Wildman–Crippen MR) is 118 cm³/mol. The number of carbonyl (C=O) groups is 1. The average molecular weight is 406 g/mol. The molecule has 5 heteroatoms. The number of esters is 1. The highest BCUT2D eigenvalue weighted by atomic mass is 16.5. The van der Waals surface area contributed by atoms with E-state index in [-0.39, 0.29) is 12.6 Å². The summed E-state index contributed by atoms with van der Waals surface area (Å²) in [4.78, 5) is 12.4. The zero-order chi connectivity index (χ0) is 21.0. The molecule has 0 aliphatic heterocycles. The van der Waals surface area contributed by atoms with Gasteiger partial charge in [0, 0.05) is 11.1 Å². The molecule has 1 heterocycles. The molecule has 0 spiro atoms. The fraction of sp³-hybridized carbons (Fsp3) is 0.0385. The molecule has 5 rings (SSSR count). The van der Waals surface area contributed by atoms with E-state index in [2.05, 4.69) is 16.3 Å². The van der Waals surface area contributed by atoms with E-state index in [9.17, 15) is 4.79 Å². The molecule has 0 bridgehead atoms. The van der Waals surface area contributed by atoms with Crippen molar-refractivity contribution in [2.75, 3.05) is 0 Å². The molecule has 0 aliphatic carbocycles. The van der Waals surface area contributed by atoms with Crippen LogP contribution < -0.4 is 0 Å². The van der Waals surface area contributed by atoms with Gasteiger partial charge in [-0.2, -0.15) is 0 Å². The fourth-order valence-corrected chi connectivity index (χ4v) is 3.35. The van der Waals surface area contributed by atoms with Crippen molar-refractivity contribution in [2.24, 2.45) is 0 Å². The third-order valence-electron chi connectivity index (χ3n) is 5.00. The highest BCUT2D eigenvalue weighted by Gasteiger charge is 2.12. The van der Waals surface area contributed by atoms with Crippen LogP contribution in [0.2, 0.25) is 0 Å². The fourth-order valence-electron chi connectivity index (χ4n) is 3.35. The van der Waals surface area contributed by atoms with E-state index in [4.69, 9.17) is 9.15 Å². The maximum Gasteiger partial charge on any atom is 0.338 e. The quantitative estimate of drug-likeness (QED) is 0.339. The Morgan fingerprint density at radius 3 is 2.10 bits per heavy atom. The van der Waals surface area contributed by atoms with Crippen molar-refractivity contribution in [3.05, 3.63) is 108 Å². The lowest BCUT2D eigenvalue weighted by Crippen LogP contribution is -2.05. The highest BCUT2D eigenvalue weighted by Crippen LogP contribution is 2.24. The number of aromatic nitrogens is 2. The van der Waals surface area contributed by atoms with Crippen molar-refractivity contribution in [1.29, 1.82) is 0 Å². The molecule has 150 valence electrons. The molecule has 0 atom stereocenters. The third-order valence-corrected chi connectivity index (χ3v) is 5.00. The third kappa shape index (κ3) is 4.07. The van der Waals surface area contributed by atoms with Crippen molar-refractivity contribution in [2.45, 2.75) is 6.61 Å². The molecule has 0 saturated carbocycles. The number of hydrogen-bond donors (Lipinski definition) is 0. The zero-order valence-electron chi connectivity index (χ0n) is 16.6. The summed E-state index contributed by atoms with van der Waals surface area (Å²) in [6.45, 7) is 0.218. The van der Waals surface area contributed by atoms with Crippen LogP contribution in [0.5, 0.6) is 0 Å². The van der Waals surface area contributed by atoms with Gasteiger partial charge in [0.1, 0.15) is 6.61 Å². The first-order chi connectivity index (χ1) is 15.3.